The van der Waals surface area contributed by atoms with Crippen LogP contribution in [0.2, 0.25) is 0 Å². The van der Waals surface area contributed by atoms with Crippen molar-refractivity contribution in [3.8, 4) is 17.0 Å². The molecule has 0 saturated heterocycles. The minimum absolute atomic E-state index is 0.105. The van der Waals surface area contributed by atoms with Crippen LogP contribution in [0.25, 0.3) is 16.2 Å². The number of benzene rings is 1. The van der Waals surface area contributed by atoms with Crippen LogP contribution in [0.15, 0.2) is 35.8 Å². The van der Waals surface area contributed by atoms with Crippen molar-refractivity contribution in [3.63, 3.8) is 0 Å². The smallest absolute Gasteiger partial charge is 0.226 e. The van der Waals surface area contributed by atoms with Crippen molar-refractivity contribution >= 4 is 22.2 Å². The molecule has 3 aromatic rings. The third-order valence-electron chi connectivity index (χ3n) is 4.96. The zero-order chi connectivity index (χ0) is 17.9. The number of thiazole rings is 1. The number of carbonyl (C=O) groups is 1. The first kappa shape index (κ1) is 17.1. The Hall–Kier alpha value is -2.34. The van der Waals surface area contributed by atoms with Crippen molar-refractivity contribution < 1.29 is 9.53 Å². The van der Waals surface area contributed by atoms with E-state index in [0.29, 0.717) is 12.5 Å². The maximum Gasteiger partial charge on any atom is 0.226 e. The number of rotatable bonds is 5. The van der Waals surface area contributed by atoms with Gasteiger partial charge in [-0.05, 0) is 25.0 Å². The third-order valence-corrected chi connectivity index (χ3v) is 5.85. The Balaban J connectivity index is 1.51. The summed E-state index contributed by atoms with van der Waals surface area (Å²) in [7, 11) is 1.66. The molecular formula is C20H23N3O2S. The molecule has 1 N–H and O–H groups in total. The number of nitrogens with zero attached hydrogens (tertiary/aromatic N) is 2. The number of carbonyl (C=O) groups excluding carboxylic acids is 1. The first-order valence-electron chi connectivity index (χ1n) is 9.12. The number of imidazole rings is 1. The van der Waals surface area contributed by atoms with Gasteiger partial charge in [0.25, 0.3) is 0 Å². The van der Waals surface area contributed by atoms with E-state index in [2.05, 4.69) is 5.32 Å². The van der Waals surface area contributed by atoms with Crippen molar-refractivity contribution in [1.29, 1.82) is 0 Å². The molecule has 0 unspecified atom stereocenters. The van der Waals surface area contributed by atoms with Crippen LogP contribution >= 0.6 is 11.3 Å². The molecule has 5 nitrogen and oxygen atoms in total. The Labute approximate surface area is 157 Å². The minimum Gasteiger partial charge on any atom is -0.497 e. The molecule has 2 aromatic heterocycles. The topological polar surface area (TPSA) is 55.6 Å². The standard InChI is InChI=1S/C20H23N3O2S/c1-25-17-9-5-6-14(10-17)18-12-23-16(13-26-20(23)22-18)11-19(24)21-15-7-3-2-4-8-15/h5-6,9-10,12-13,15H,2-4,7-8,11H2,1H3,(H,21,24). The van der Waals surface area contributed by atoms with Crippen LogP contribution in [0.3, 0.4) is 0 Å². The lowest BCUT2D eigenvalue weighted by atomic mass is 9.95. The molecule has 2 heterocycles. The fraction of sp³-hybridized carbons (Fsp3) is 0.400. The van der Waals surface area contributed by atoms with Gasteiger partial charge in [0.1, 0.15) is 5.75 Å². The van der Waals surface area contributed by atoms with E-state index in [1.165, 1.54) is 19.3 Å². The molecule has 26 heavy (non-hydrogen) atoms. The Bertz CT molecular complexity index is 909. The SMILES string of the molecule is COc1cccc(-c2cn3c(CC(=O)NC4CCCCC4)csc3n2)c1. The van der Waals surface area contributed by atoms with Crippen molar-refractivity contribution in [2.75, 3.05) is 7.11 Å². The Morgan fingerprint density at radius 1 is 1.35 bits per heavy atom. The Morgan fingerprint density at radius 2 is 2.19 bits per heavy atom. The van der Waals surface area contributed by atoms with Gasteiger partial charge in [0.2, 0.25) is 5.91 Å². The number of fused-ring (bicyclic) bond motifs is 1. The van der Waals surface area contributed by atoms with E-state index in [9.17, 15) is 4.79 Å². The molecule has 0 aliphatic heterocycles. The Kier molecular flexibility index (Phi) is 4.93. The molecule has 136 valence electrons. The summed E-state index contributed by atoms with van der Waals surface area (Å²) >= 11 is 1.57. The van der Waals surface area contributed by atoms with E-state index in [1.807, 2.05) is 40.2 Å². The maximum absolute atomic E-state index is 12.4. The molecule has 1 saturated carbocycles. The highest BCUT2D eigenvalue weighted by atomic mass is 32.1. The molecule has 0 spiro atoms. The first-order chi connectivity index (χ1) is 12.7. The molecule has 0 bridgehead atoms. The highest BCUT2D eigenvalue weighted by molar-refractivity contribution is 7.15. The predicted octanol–water partition coefficient (Wildman–Crippen LogP) is 4.06. The van der Waals surface area contributed by atoms with E-state index in [4.69, 9.17) is 9.72 Å². The van der Waals surface area contributed by atoms with Gasteiger partial charge in [-0.25, -0.2) is 4.98 Å². The molecular weight excluding hydrogens is 346 g/mol. The summed E-state index contributed by atoms with van der Waals surface area (Å²) in [4.78, 5) is 18.0. The van der Waals surface area contributed by atoms with Gasteiger partial charge in [0.15, 0.2) is 4.96 Å². The lowest BCUT2D eigenvalue weighted by molar-refractivity contribution is -0.121. The zero-order valence-electron chi connectivity index (χ0n) is 14.9. The van der Waals surface area contributed by atoms with Crippen LogP contribution in [0.1, 0.15) is 37.8 Å². The fourth-order valence-electron chi connectivity index (χ4n) is 3.57. The number of hydrogen-bond acceptors (Lipinski definition) is 4. The van der Waals surface area contributed by atoms with Crippen LogP contribution in [-0.2, 0) is 11.2 Å². The Morgan fingerprint density at radius 3 is 3.00 bits per heavy atom. The second-order valence-corrected chi connectivity index (χ2v) is 7.65. The van der Waals surface area contributed by atoms with Crippen LogP contribution in [0.5, 0.6) is 5.75 Å². The fourth-order valence-corrected chi connectivity index (χ4v) is 4.44. The first-order valence-corrected chi connectivity index (χ1v) is 10.00. The van der Waals surface area contributed by atoms with E-state index < -0.39 is 0 Å². The monoisotopic (exact) mass is 369 g/mol. The van der Waals surface area contributed by atoms with Crippen molar-refractivity contribution in [2.45, 2.75) is 44.6 Å². The van der Waals surface area contributed by atoms with Crippen molar-refractivity contribution in [1.82, 2.24) is 14.7 Å². The highest BCUT2D eigenvalue weighted by Gasteiger charge is 2.17. The van der Waals surface area contributed by atoms with Gasteiger partial charge in [-0.1, -0.05) is 31.4 Å². The number of nitrogens with one attached hydrogen (secondary N) is 1. The van der Waals surface area contributed by atoms with Crippen molar-refractivity contribution in [3.05, 3.63) is 41.5 Å². The minimum atomic E-state index is 0.105. The predicted molar refractivity (Wildman–Crippen MR) is 104 cm³/mol. The molecule has 1 aliphatic rings. The van der Waals surface area contributed by atoms with Gasteiger partial charge >= 0.3 is 0 Å². The second kappa shape index (κ2) is 7.50. The molecule has 1 amide bonds. The number of hydrogen-bond donors (Lipinski definition) is 1. The van der Waals surface area contributed by atoms with Crippen LogP contribution in [0, 0.1) is 0 Å². The largest absolute Gasteiger partial charge is 0.497 e. The van der Waals surface area contributed by atoms with E-state index in [1.54, 1.807) is 18.4 Å². The second-order valence-electron chi connectivity index (χ2n) is 6.82. The van der Waals surface area contributed by atoms with Crippen LogP contribution in [0.4, 0.5) is 0 Å². The molecule has 0 radical (unpaired) electrons. The van der Waals surface area contributed by atoms with E-state index in [0.717, 1.165) is 40.5 Å². The molecule has 1 aromatic carbocycles. The summed E-state index contributed by atoms with van der Waals surface area (Å²) in [5.74, 6) is 0.916. The van der Waals surface area contributed by atoms with E-state index >= 15 is 0 Å². The van der Waals surface area contributed by atoms with Gasteiger partial charge in [-0.2, -0.15) is 0 Å². The number of aromatic nitrogens is 2. The number of ether oxygens (including phenoxy) is 1. The zero-order valence-corrected chi connectivity index (χ0v) is 15.7. The van der Waals surface area contributed by atoms with Crippen LogP contribution < -0.4 is 10.1 Å². The summed E-state index contributed by atoms with van der Waals surface area (Å²) in [5.41, 5.74) is 2.89. The van der Waals surface area contributed by atoms with E-state index in [-0.39, 0.29) is 5.91 Å². The summed E-state index contributed by atoms with van der Waals surface area (Å²) in [5, 5.41) is 5.22. The number of amides is 1. The summed E-state index contributed by atoms with van der Waals surface area (Å²) in [6.45, 7) is 0. The van der Waals surface area contributed by atoms with Crippen LogP contribution in [-0.4, -0.2) is 28.4 Å². The van der Waals surface area contributed by atoms with Gasteiger partial charge in [0.05, 0.1) is 19.2 Å². The van der Waals surface area contributed by atoms with Gasteiger partial charge in [-0.3, -0.25) is 9.20 Å². The average molecular weight is 369 g/mol. The molecule has 6 heteroatoms. The third kappa shape index (κ3) is 3.60. The lowest BCUT2D eigenvalue weighted by Crippen LogP contribution is -2.37. The van der Waals surface area contributed by atoms with Gasteiger partial charge in [-0.15, -0.1) is 11.3 Å². The molecule has 1 aliphatic carbocycles. The lowest BCUT2D eigenvalue weighted by Gasteiger charge is -2.22. The van der Waals surface area contributed by atoms with Gasteiger partial charge < -0.3 is 10.1 Å². The summed E-state index contributed by atoms with van der Waals surface area (Å²) in [6, 6.07) is 8.22. The molecule has 0 atom stereocenters. The van der Waals surface area contributed by atoms with Gasteiger partial charge in [0, 0.05) is 28.9 Å². The summed E-state index contributed by atoms with van der Waals surface area (Å²) in [6.07, 6.45) is 8.34. The summed E-state index contributed by atoms with van der Waals surface area (Å²) < 4.78 is 7.32. The van der Waals surface area contributed by atoms with Crippen molar-refractivity contribution in [2.24, 2.45) is 0 Å². The maximum atomic E-state index is 12.4. The quantitative estimate of drug-likeness (QED) is 0.738. The molecule has 1 fully saturated rings. The number of methoxy groups -OCH3 is 1. The molecule has 4 rings (SSSR count). The average Bonchev–Trinajstić information content (AvgIpc) is 3.25. The normalized spacial score (nSPS) is 15.3. The highest BCUT2D eigenvalue weighted by Crippen LogP contribution is 2.26.